The van der Waals surface area contributed by atoms with Crippen LogP contribution in [0, 0.1) is 5.92 Å². The minimum absolute atomic E-state index is 0.111. The zero-order chi connectivity index (χ0) is 23.1. The molecule has 0 aliphatic heterocycles. The molecule has 3 N–H and O–H groups in total. The van der Waals surface area contributed by atoms with Crippen molar-refractivity contribution >= 4 is 50.3 Å². The smallest absolute Gasteiger partial charge is 0.408 e. The maximum atomic E-state index is 12.9. The van der Waals surface area contributed by atoms with Crippen molar-refractivity contribution in [2.75, 3.05) is 10.6 Å². The highest BCUT2D eigenvalue weighted by Crippen LogP contribution is 2.28. The van der Waals surface area contributed by atoms with E-state index in [4.69, 9.17) is 4.74 Å². The fourth-order valence-electron chi connectivity index (χ4n) is 3.04. The van der Waals surface area contributed by atoms with Crippen LogP contribution in [0.25, 0.3) is 10.2 Å². The largest absolute Gasteiger partial charge is 0.445 e. The van der Waals surface area contributed by atoms with Crippen molar-refractivity contribution in [3.63, 3.8) is 0 Å². The summed E-state index contributed by atoms with van der Waals surface area (Å²) in [4.78, 5) is 40.9. The number of anilines is 2. The first-order chi connectivity index (χ1) is 15.4. The molecule has 3 aromatic rings. The number of aromatic nitrogens is 1. The SMILES string of the molecule is CC[C@H](C)[C@H](NC(=O)OCc1ccccc1)C(=O)Nc1nc2ccc(NC(C)=O)cc2s1. The lowest BCUT2D eigenvalue weighted by molar-refractivity contribution is -0.119. The number of amides is 3. The first-order valence-corrected chi connectivity index (χ1v) is 11.1. The molecule has 8 nitrogen and oxygen atoms in total. The van der Waals surface area contributed by atoms with Gasteiger partial charge in [0.05, 0.1) is 10.2 Å². The van der Waals surface area contributed by atoms with Crippen LogP contribution >= 0.6 is 11.3 Å². The summed E-state index contributed by atoms with van der Waals surface area (Å²) < 4.78 is 6.09. The fraction of sp³-hybridized carbons (Fsp3) is 0.304. The van der Waals surface area contributed by atoms with Crippen LogP contribution in [0.4, 0.5) is 15.6 Å². The van der Waals surface area contributed by atoms with E-state index in [9.17, 15) is 14.4 Å². The van der Waals surface area contributed by atoms with Gasteiger partial charge < -0.3 is 20.7 Å². The first kappa shape index (κ1) is 23.2. The predicted molar refractivity (Wildman–Crippen MR) is 126 cm³/mol. The molecule has 1 heterocycles. The average molecular weight is 455 g/mol. The van der Waals surface area contributed by atoms with Crippen molar-refractivity contribution in [3.8, 4) is 0 Å². The molecule has 0 saturated heterocycles. The van der Waals surface area contributed by atoms with Crippen LogP contribution in [0.2, 0.25) is 0 Å². The number of benzene rings is 2. The first-order valence-electron chi connectivity index (χ1n) is 10.3. The van der Waals surface area contributed by atoms with Crippen LogP contribution in [0.1, 0.15) is 32.8 Å². The van der Waals surface area contributed by atoms with Gasteiger partial charge >= 0.3 is 6.09 Å². The average Bonchev–Trinajstić information content (AvgIpc) is 3.17. The Morgan fingerprint density at radius 3 is 2.53 bits per heavy atom. The number of fused-ring (bicyclic) bond motifs is 1. The highest BCUT2D eigenvalue weighted by Gasteiger charge is 2.27. The van der Waals surface area contributed by atoms with E-state index in [0.29, 0.717) is 22.8 Å². The van der Waals surface area contributed by atoms with Gasteiger partial charge in [-0.3, -0.25) is 9.59 Å². The van der Waals surface area contributed by atoms with Crippen LogP contribution < -0.4 is 16.0 Å². The Bertz CT molecular complexity index is 1100. The van der Waals surface area contributed by atoms with Gasteiger partial charge in [-0.1, -0.05) is 61.9 Å². The molecule has 9 heteroatoms. The van der Waals surface area contributed by atoms with Gasteiger partial charge in [-0.2, -0.15) is 0 Å². The Hall–Kier alpha value is -3.46. The maximum absolute atomic E-state index is 12.9. The normalized spacial score (nSPS) is 12.6. The third-order valence-electron chi connectivity index (χ3n) is 4.92. The Kier molecular flexibility index (Phi) is 7.77. The predicted octanol–water partition coefficient (Wildman–Crippen LogP) is 4.53. The number of nitrogens with zero attached hydrogens (tertiary/aromatic N) is 1. The van der Waals surface area contributed by atoms with Gasteiger partial charge in [-0.25, -0.2) is 9.78 Å². The summed E-state index contributed by atoms with van der Waals surface area (Å²) in [5.74, 6) is -0.638. The molecule has 1 aromatic heterocycles. The Morgan fingerprint density at radius 2 is 1.84 bits per heavy atom. The maximum Gasteiger partial charge on any atom is 0.408 e. The Morgan fingerprint density at radius 1 is 1.09 bits per heavy atom. The Balaban J connectivity index is 1.66. The van der Waals surface area contributed by atoms with Gasteiger partial charge in [-0.05, 0) is 29.7 Å². The number of hydrogen-bond acceptors (Lipinski definition) is 6. The van der Waals surface area contributed by atoms with Crippen molar-refractivity contribution in [1.82, 2.24) is 10.3 Å². The quantitative estimate of drug-likeness (QED) is 0.463. The standard InChI is InChI=1S/C23H26N4O4S/c1-4-14(2)20(26-23(30)31-13-16-8-6-5-7-9-16)21(29)27-22-25-18-11-10-17(24-15(3)28)12-19(18)32-22/h5-12,14,20H,4,13H2,1-3H3,(H,24,28)(H,26,30)(H,25,27,29)/t14-,20-/m0/s1. The lowest BCUT2D eigenvalue weighted by atomic mass is 9.98. The lowest BCUT2D eigenvalue weighted by Gasteiger charge is -2.22. The number of nitrogens with one attached hydrogen (secondary N) is 3. The molecule has 0 spiro atoms. The van der Waals surface area contributed by atoms with E-state index in [1.807, 2.05) is 44.2 Å². The van der Waals surface area contributed by atoms with Crippen molar-refractivity contribution < 1.29 is 19.1 Å². The zero-order valence-corrected chi connectivity index (χ0v) is 19.0. The van der Waals surface area contributed by atoms with Crippen LogP contribution in [-0.2, 0) is 20.9 Å². The lowest BCUT2D eigenvalue weighted by Crippen LogP contribution is -2.47. The van der Waals surface area contributed by atoms with Crippen molar-refractivity contribution in [1.29, 1.82) is 0 Å². The molecule has 0 unspecified atom stereocenters. The molecule has 2 atom stereocenters. The molecule has 0 aliphatic rings. The minimum atomic E-state index is -0.773. The molecule has 0 saturated carbocycles. The van der Waals surface area contributed by atoms with Gasteiger partial charge in [0.2, 0.25) is 11.8 Å². The van der Waals surface area contributed by atoms with E-state index >= 15 is 0 Å². The van der Waals surface area contributed by atoms with Crippen LogP contribution in [0.15, 0.2) is 48.5 Å². The number of rotatable bonds is 8. The van der Waals surface area contributed by atoms with Gasteiger partial charge in [0.25, 0.3) is 0 Å². The third-order valence-corrected chi connectivity index (χ3v) is 5.85. The molecule has 32 heavy (non-hydrogen) atoms. The Labute approximate surface area is 190 Å². The number of alkyl carbamates (subject to hydrolysis) is 1. The third kappa shape index (κ3) is 6.27. The van der Waals surface area contributed by atoms with E-state index in [1.165, 1.54) is 18.3 Å². The fourth-order valence-corrected chi connectivity index (χ4v) is 3.94. The number of carbonyl (C=O) groups excluding carboxylic acids is 3. The molecule has 0 bridgehead atoms. The van der Waals surface area contributed by atoms with Crippen LogP contribution in [-0.4, -0.2) is 28.9 Å². The summed E-state index contributed by atoms with van der Waals surface area (Å²) in [6, 6.07) is 13.9. The van der Waals surface area contributed by atoms with E-state index in [2.05, 4.69) is 20.9 Å². The summed E-state index contributed by atoms with van der Waals surface area (Å²) in [5, 5.41) is 8.61. The summed E-state index contributed by atoms with van der Waals surface area (Å²) >= 11 is 1.29. The molecule has 168 valence electrons. The highest BCUT2D eigenvalue weighted by atomic mass is 32.1. The number of hydrogen-bond donors (Lipinski definition) is 3. The number of thiazole rings is 1. The molecule has 2 aromatic carbocycles. The number of carbonyl (C=O) groups is 3. The molecular weight excluding hydrogens is 428 g/mol. The minimum Gasteiger partial charge on any atom is -0.445 e. The second-order valence-corrected chi connectivity index (χ2v) is 8.47. The monoisotopic (exact) mass is 454 g/mol. The topological polar surface area (TPSA) is 109 Å². The summed E-state index contributed by atoms with van der Waals surface area (Å²) in [7, 11) is 0. The van der Waals surface area contributed by atoms with Gasteiger partial charge in [0.15, 0.2) is 5.13 Å². The van der Waals surface area contributed by atoms with Crippen LogP contribution in [0.5, 0.6) is 0 Å². The second kappa shape index (κ2) is 10.7. The van der Waals surface area contributed by atoms with Crippen molar-refractivity contribution in [3.05, 3.63) is 54.1 Å². The zero-order valence-electron chi connectivity index (χ0n) is 18.2. The molecule has 3 amide bonds. The summed E-state index contributed by atoms with van der Waals surface area (Å²) in [6.07, 6.45) is 0.0373. The molecule has 0 aliphatic carbocycles. The van der Waals surface area contributed by atoms with Crippen molar-refractivity contribution in [2.45, 2.75) is 39.8 Å². The molecule has 0 fully saturated rings. The van der Waals surface area contributed by atoms with E-state index in [1.54, 1.807) is 18.2 Å². The molecule has 3 rings (SSSR count). The van der Waals surface area contributed by atoms with Gasteiger partial charge in [0, 0.05) is 12.6 Å². The van der Waals surface area contributed by atoms with E-state index in [0.717, 1.165) is 10.3 Å². The second-order valence-electron chi connectivity index (χ2n) is 7.44. The van der Waals surface area contributed by atoms with E-state index < -0.39 is 12.1 Å². The van der Waals surface area contributed by atoms with E-state index in [-0.39, 0.29) is 24.3 Å². The molecular formula is C23H26N4O4S. The molecule has 0 radical (unpaired) electrons. The van der Waals surface area contributed by atoms with Crippen molar-refractivity contribution in [2.24, 2.45) is 5.92 Å². The van der Waals surface area contributed by atoms with Gasteiger partial charge in [0.1, 0.15) is 12.6 Å². The number of ether oxygens (including phenoxy) is 1. The summed E-state index contributed by atoms with van der Waals surface area (Å²) in [6.45, 7) is 5.40. The van der Waals surface area contributed by atoms with Crippen LogP contribution in [0.3, 0.4) is 0 Å². The van der Waals surface area contributed by atoms with Gasteiger partial charge in [-0.15, -0.1) is 0 Å². The highest BCUT2D eigenvalue weighted by molar-refractivity contribution is 7.22. The summed E-state index contributed by atoms with van der Waals surface area (Å²) in [5.41, 5.74) is 2.22.